The number of thiocyanates is 1. The van der Waals surface area contributed by atoms with Crippen molar-refractivity contribution in [1.29, 1.82) is 5.26 Å². The van der Waals surface area contributed by atoms with Crippen LogP contribution in [0.5, 0.6) is 0 Å². The van der Waals surface area contributed by atoms with Crippen LogP contribution in [0.2, 0.25) is 0 Å². The van der Waals surface area contributed by atoms with E-state index < -0.39 is 5.25 Å². The Hall–Kier alpha value is -3.55. The van der Waals surface area contributed by atoms with Crippen molar-refractivity contribution >= 4 is 34.0 Å². The van der Waals surface area contributed by atoms with E-state index in [0.29, 0.717) is 11.5 Å². The van der Waals surface area contributed by atoms with Gasteiger partial charge in [-0.05, 0) is 51.7 Å². The minimum absolute atomic E-state index is 0.0558. The molecule has 0 saturated carbocycles. The number of nitrogens with zero attached hydrogens (tertiary/aromatic N) is 1. The standard InChI is InChI=1S/C29H26N2OS/c1-20(2)21-15-17-23(18-16-21)27(31-24-11-4-3-5-12-24)29(33-19-30)28(32)26-14-8-10-22-9-6-7-13-25(22)26/h3-18,20,27,29,31H,1-2H3/t27-,29-/m1/s1. The van der Waals surface area contributed by atoms with Crippen molar-refractivity contribution in [3.05, 3.63) is 114 Å². The molecule has 0 heterocycles. The Balaban J connectivity index is 1.79. The van der Waals surface area contributed by atoms with E-state index in [1.54, 1.807) is 0 Å². The summed E-state index contributed by atoms with van der Waals surface area (Å²) in [4.78, 5) is 13.9. The number of Topliss-reactive ketones (excluding diaryl/α,β-unsaturated/α-hetero) is 1. The zero-order chi connectivity index (χ0) is 23.2. The van der Waals surface area contributed by atoms with Crippen molar-refractivity contribution in [2.75, 3.05) is 5.32 Å². The molecule has 0 aliphatic rings. The van der Waals surface area contributed by atoms with E-state index in [0.717, 1.165) is 33.8 Å². The van der Waals surface area contributed by atoms with Crippen LogP contribution in [0.1, 0.15) is 47.3 Å². The molecule has 0 bridgehead atoms. The van der Waals surface area contributed by atoms with Crippen LogP contribution in [0.4, 0.5) is 5.69 Å². The fraction of sp³-hybridized carbons (Fsp3) is 0.172. The van der Waals surface area contributed by atoms with E-state index >= 15 is 0 Å². The van der Waals surface area contributed by atoms with Crippen LogP contribution in [0.3, 0.4) is 0 Å². The first-order valence-electron chi connectivity index (χ1n) is 11.1. The van der Waals surface area contributed by atoms with Crippen LogP contribution in [-0.4, -0.2) is 11.0 Å². The number of thioether (sulfide) groups is 1. The lowest BCUT2D eigenvalue weighted by molar-refractivity contribution is 0.0985. The number of nitrogens with one attached hydrogen (secondary N) is 1. The van der Waals surface area contributed by atoms with Crippen LogP contribution in [0, 0.1) is 10.7 Å². The number of fused-ring (bicyclic) bond motifs is 1. The van der Waals surface area contributed by atoms with Gasteiger partial charge >= 0.3 is 0 Å². The highest BCUT2D eigenvalue weighted by atomic mass is 32.2. The second-order valence-electron chi connectivity index (χ2n) is 8.33. The molecule has 4 aromatic carbocycles. The van der Waals surface area contributed by atoms with Gasteiger partial charge in [0.05, 0.1) is 6.04 Å². The minimum Gasteiger partial charge on any atom is -0.377 e. The zero-order valence-electron chi connectivity index (χ0n) is 18.7. The number of hydrogen-bond donors (Lipinski definition) is 1. The third-order valence-electron chi connectivity index (χ3n) is 5.85. The van der Waals surface area contributed by atoms with Crippen molar-refractivity contribution < 1.29 is 4.79 Å². The number of benzene rings is 4. The van der Waals surface area contributed by atoms with Crippen molar-refractivity contribution in [1.82, 2.24) is 0 Å². The molecule has 33 heavy (non-hydrogen) atoms. The SMILES string of the molecule is CC(C)c1ccc([C@@H](Nc2ccccc2)[C@@H](SC#N)C(=O)c2cccc3ccccc23)cc1. The molecule has 0 saturated heterocycles. The Morgan fingerprint density at radius 2 is 1.45 bits per heavy atom. The molecule has 4 rings (SSSR count). The maximum atomic E-state index is 13.9. The molecule has 3 nitrogen and oxygen atoms in total. The second kappa shape index (κ2) is 10.4. The molecular weight excluding hydrogens is 424 g/mol. The summed E-state index contributed by atoms with van der Waals surface area (Å²) in [6.45, 7) is 4.32. The van der Waals surface area contributed by atoms with Crippen LogP contribution in [-0.2, 0) is 0 Å². The maximum Gasteiger partial charge on any atom is 0.179 e. The predicted octanol–water partition coefficient (Wildman–Crippen LogP) is 7.58. The maximum absolute atomic E-state index is 13.9. The summed E-state index contributed by atoms with van der Waals surface area (Å²) in [5, 5.41) is 16.7. The molecule has 0 aliphatic carbocycles. The first-order valence-corrected chi connectivity index (χ1v) is 11.9. The van der Waals surface area contributed by atoms with E-state index in [1.165, 1.54) is 5.56 Å². The van der Waals surface area contributed by atoms with Crippen molar-refractivity contribution in [3.63, 3.8) is 0 Å². The molecule has 0 unspecified atom stereocenters. The van der Waals surface area contributed by atoms with Gasteiger partial charge in [0, 0.05) is 11.3 Å². The number of ketones is 1. The lowest BCUT2D eigenvalue weighted by atomic mass is 9.92. The number of rotatable bonds is 8. The molecular formula is C29H26N2OS. The number of para-hydroxylation sites is 1. The zero-order valence-corrected chi connectivity index (χ0v) is 19.5. The van der Waals surface area contributed by atoms with Crippen molar-refractivity contribution in [2.24, 2.45) is 0 Å². The van der Waals surface area contributed by atoms with Gasteiger partial charge in [-0.15, -0.1) is 0 Å². The Morgan fingerprint density at radius 3 is 2.15 bits per heavy atom. The fourth-order valence-corrected chi connectivity index (χ4v) is 4.77. The Labute approximate surface area is 199 Å². The number of anilines is 1. The van der Waals surface area contributed by atoms with E-state index in [1.807, 2.05) is 72.8 Å². The molecule has 0 aliphatic heterocycles. The van der Waals surface area contributed by atoms with Gasteiger partial charge in [-0.3, -0.25) is 4.79 Å². The van der Waals surface area contributed by atoms with Crippen LogP contribution in [0.25, 0.3) is 10.8 Å². The Kier molecular flexibility index (Phi) is 7.12. The lowest BCUT2D eigenvalue weighted by Gasteiger charge is -2.27. The summed E-state index contributed by atoms with van der Waals surface area (Å²) in [7, 11) is 0. The highest BCUT2D eigenvalue weighted by Crippen LogP contribution is 2.34. The molecule has 4 aromatic rings. The van der Waals surface area contributed by atoms with Gasteiger partial charge in [-0.1, -0.05) is 98.8 Å². The molecule has 0 amide bonds. The van der Waals surface area contributed by atoms with E-state index in [4.69, 9.17) is 0 Å². The van der Waals surface area contributed by atoms with Gasteiger partial charge in [-0.25, -0.2) is 0 Å². The first kappa shape index (κ1) is 22.6. The smallest absolute Gasteiger partial charge is 0.179 e. The van der Waals surface area contributed by atoms with Crippen LogP contribution >= 0.6 is 11.8 Å². The molecule has 0 aromatic heterocycles. The Morgan fingerprint density at radius 1 is 0.818 bits per heavy atom. The van der Waals surface area contributed by atoms with E-state index in [-0.39, 0.29) is 11.8 Å². The van der Waals surface area contributed by atoms with Gasteiger partial charge in [0.25, 0.3) is 0 Å². The fourth-order valence-electron chi connectivity index (χ4n) is 4.06. The average molecular weight is 451 g/mol. The topological polar surface area (TPSA) is 52.9 Å². The number of carbonyl (C=O) groups excluding carboxylic acids is 1. The van der Waals surface area contributed by atoms with Gasteiger partial charge < -0.3 is 5.32 Å². The minimum atomic E-state index is -0.620. The summed E-state index contributed by atoms with van der Waals surface area (Å²) in [6.07, 6.45) is 0. The van der Waals surface area contributed by atoms with Gasteiger partial charge in [0.2, 0.25) is 0 Å². The monoisotopic (exact) mass is 450 g/mol. The Bertz CT molecular complexity index is 1270. The molecule has 2 atom stereocenters. The normalized spacial score (nSPS) is 12.8. The number of hydrogen-bond acceptors (Lipinski definition) is 4. The van der Waals surface area contributed by atoms with E-state index in [2.05, 4.69) is 48.8 Å². The van der Waals surface area contributed by atoms with Crippen LogP contribution < -0.4 is 5.32 Å². The summed E-state index contributed by atoms with van der Waals surface area (Å²) >= 11 is 1.01. The third kappa shape index (κ3) is 5.10. The quantitative estimate of drug-likeness (QED) is 0.222. The predicted molar refractivity (Wildman–Crippen MR) is 139 cm³/mol. The number of carbonyl (C=O) groups is 1. The largest absolute Gasteiger partial charge is 0.377 e. The third-order valence-corrected chi connectivity index (χ3v) is 6.70. The van der Waals surface area contributed by atoms with E-state index in [9.17, 15) is 10.1 Å². The van der Waals surface area contributed by atoms with Crippen molar-refractivity contribution in [2.45, 2.75) is 31.1 Å². The molecule has 0 spiro atoms. The summed E-state index contributed by atoms with van der Waals surface area (Å²) in [5.41, 5.74) is 3.76. The molecule has 4 heteroatoms. The molecule has 0 radical (unpaired) electrons. The highest BCUT2D eigenvalue weighted by Gasteiger charge is 2.32. The lowest BCUT2D eigenvalue weighted by Crippen LogP contribution is -2.30. The summed E-state index contributed by atoms with van der Waals surface area (Å²) < 4.78 is 0. The molecule has 0 fully saturated rings. The highest BCUT2D eigenvalue weighted by molar-refractivity contribution is 8.05. The average Bonchev–Trinajstić information content (AvgIpc) is 2.86. The first-order chi connectivity index (χ1) is 16.1. The summed E-state index contributed by atoms with van der Waals surface area (Å²) in [5.74, 6) is 0.362. The van der Waals surface area contributed by atoms with Gasteiger partial charge in [0.15, 0.2) is 5.78 Å². The van der Waals surface area contributed by atoms with Crippen LogP contribution in [0.15, 0.2) is 97.1 Å². The summed E-state index contributed by atoms with van der Waals surface area (Å²) in [6, 6.07) is 31.4. The second-order valence-corrected chi connectivity index (χ2v) is 9.26. The van der Waals surface area contributed by atoms with Gasteiger partial charge in [0.1, 0.15) is 10.7 Å². The number of nitriles is 1. The molecule has 1 N–H and O–H groups in total. The molecule has 164 valence electrons. The van der Waals surface area contributed by atoms with Crippen molar-refractivity contribution in [3.8, 4) is 5.40 Å². The van der Waals surface area contributed by atoms with Gasteiger partial charge in [-0.2, -0.15) is 5.26 Å².